The van der Waals surface area contributed by atoms with Gasteiger partial charge in [0.1, 0.15) is 0 Å². The molecule has 1 radical (unpaired) electrons. The van der Waals surface area contributed by atoms with E-state index in [0.717, 1.165) is 0 Å². The van der Waals surface area contributed by atoms with Gasteiger partial charge in [0.25, 0.3) is 0 Å². The highest BCUT2D eigenvalue weighted by Gasteiger charge is 1.95. The van der Waals surface area contributed by atoms with Crippen LogP contribution in [0.25, 0.3) is 0 Å². The third-order valence-corrected chi connectivity index (χ3v) is 0.973. The van der Waals surface area contributed by atoms with E-state index < -0.39 is 0 Å². The molecule has 55 valence electrons. The van der Waals surface area contributed by atoms with E-state index >= 15 is 0 Å². The Bertz CT molecular complexity index is 56.3. The maximum atomic E-state index is 9.88. The van der Waals surface area contributed by atoms with E-state index in [1.165, 1.54) is 0 Å². The number of methoxy groups -OCH3 is 1. The van der Waals surface area contributed by atoms with Gasteiger partial charge in [0, 0.05) is 7.11 Å². The van der Waals surface area contributed by atoms with Crippen LogP contribution in [-0.4, -0.2) is 26.6 Å². The SMILES string of the molecule is COC(C)OCCC[O]. The first-order valence-corrected chi connectivity index (χ1v) is 3.03. The Hall–Kier alpha value is -0.120. The Morgan fingerprint density at radius 3 is 2.67 bits per heavy atom. The number of ether oxygens (including phenoxy) is 2. The summed E-state index contributed by atoms with van der Waals surface area (Å²) in [5.41, 5.74) is 0. The second kappa shape index (κ2) is 6.01. The van der Waals surface area contributed by atoms with Crippen LogP contribution in [0.15, 0.2) is 0 Å². The lowest BCUT2D eigenvalue weighted by Crippen LogP contribution is -2.11. The molecule has 0 N–H and O–H groups in total. The van der Waals surface area contributed by atoms with E-state index in [-0.39, 0.29) is 12.9 Å². The molecule has 0 aromatic heterocycles. The van der Waals surface area contributed by atoms with Crippen LogP contribution in [0.3, 0.4) is 0 Å². The van der Waals surface area contributed by atoms with Crippen molar-refractivity contribution in [3.8, 4) is 0 Å². The lowest BCUT2D eigenvalue weighted by atomic mass is 10.5. The fourth-order valence-electron chi connectivity index (χ4n) is 0.376. The summed E-state index contributed by atoms with van der Waals surface area (Å²) < 4.78 is 9.78. The van der Waals surface area contributed by atoms with Crippen molar-refractivity contribution in [1.82, 2.24) is 0 Å². The second-order valence-electron chi connectivity index (χ2n) is 1.73. The first-order valence-electron chi connectivity index (χ1n) is 3.03. The first kappa shape index (κ1) is 8.88. The Labute approximate surface area is 55.6 Å². The average molecular weight is 133 g/mol. The summed E-state index contributed by atoms with van der Waals surface area (Å²) >= 11 is 0. The van der Waals surface area contributed by atoms with Gasteiger partial charge in [0.05, 0.1) is 13.2 Å². The van der Waals surface area contributed by atoms with Gasteiger partial charge in [-0.05, 0) is 13.3 Å². The monoisotopic (exact) mass is 133 g/mol. The minimum absolute atomic E-state index is 0.0730. The molecular formula is C6H13O3. The molecule has 0 saturated carbocycles. The summed E-state index contributed by atoms with van der Waals surface area (Å²) in [6.07, 6.45) is 0.379. The third kappa shape index (κ3) is 5.76. The lowest BCUT2D eigenvalue weighted by Gasteiger charge is -2.08. The fourth-order valence-corrected chi connectivity index (χ4v) is 0.376. The van der Waals surface area contributed by atoms with E-state index in [1.54, 1.807) is 14.0 Å². The quantitative estimate of drug-likeness (QED) is 0.411. The molecule has 0 fully saturated rings. The molecule has 0 amide bonds. The van der Waals surface area contributed by atoms with Crippen molar-refractivity contribution >= 4 is 0 Å². The second-order valence-corrected chi connectivity index (χ2v) is 1.73. The largest absolute Gasteiger partial charge is 0.356 e. The van der Waals surface area contributed by atoms with Gasteiger partial charge >= 0.3 is 0 Å². The van der Waals surface area contributed by atoms with Crippen LogP contribution in [0.5, 0.6) is 0 Å². The molecule has 0 aliphatic heterocycles. The highest BCUT2D eigenvalue weighted by molar-refractivity contribution is 4.32. The molecule has 3 heteroatoms. The molecule has 9 heavy (non-hydrogen) atoms. The van der Waals surface area contributed by atoms with Crippen LogP contribution < -0.4 is 0 Å². The molecule has 1 unspecified atom stereocenters. The van der Waals surface area contributed by atoms with Crippen molar-refractivity contribution in [1.29, 1.82) is 0 Å². The van der Waals surface area contributed by atoms with E-state index in [9.17, 15) is 5.11 Å². The van der Waals surface area contributed by atoms with Crippen molar-refractivity contribution in [3.05, 3.63) is 0 Å². The van der Waals surface area contributed by atoms with E-state index in [2.05, 4.69) is 0 Å². The molecule has 0 spiro atoms. The molecule has 0 saturated heterocycles. The molecule has 0 aromatic rings. The molecule has 1 atom stereocenters. The summed E-state index contributed by atoms with van der Waals surface area (Å²) in [5.74, 6) is 0. The molecule has 0 rings (SSSR count). The average Bonchev–Trinajstić information content (AvgIpc) is 1.89. The summed E-state index contributed by atoms with van der Waals surface area (Å²) in [7, 11) is 1.57. The van der Waals surface area contributed by atoms with Crippen molar-refractivity contribution < 1.29 is 14.6 Å². The van der Waals surface area contributed by atoms with Gasteiger partial charge < -0.3 is 9.47 Å². The van der Waals surface area contributed by atoms with Gasteiger partial charge in [-0.15, -0.1) is 0 Å². The Morgan fingerprint density at radius 1 is 1.56 bits per heavy atom. The molecule has 0 heterocycles. The van der Waals surface area contributed by atoms with Gasteiger partial charge in [-0.3, -0.25) is 0 Å². The first-order chi connectivity index (χ1) is 4.31. The van der Waals surface area contributed by atoms with E-state index in [0.29, 0.717) is 13.0 Å². The van der Waals surface area contributed by atoms with Gasteiger partial charge in [-0.1, -0.05) is 0 Å². The third-order valence-electron chi connectivity index (χ3n) is 0.973. The van der Waals surface area contributed by atoms with Crippen LogP contribution in [0.2, 0.25) is 0 Å². The van der Waals surface area contributed by atoms with Crippen molar-refractivity contribution in [2.45, 2.75) is 19.6 Å². The number of rotatable bonds is 5. The zero-order valence-corrected chi connectivity index (χ0v) is 5.92. The summed E-state index contributed by atoms with van der Waals surface area (Å²) in [4.78, 5) is 0. The Kier molecular flexibility index (Phi) is 5.93. The van der Waals surface area contributed by atoms with Crippen molar-refractivity contribution in [2.24, 2.45) is 0 Å². The molecule has 0 aliphatic carbocycles. The zero-order valence-electron chi connectivity index (χ0n) is 5.92. The van der Waals surface area contributed by atoms with Crippen LogP contribution >= 0.6 is 0 Å². The molecule has 3 nitrogen and oxygen atoms in total. The highest BCUT2D eigenvalue weighted by Crippen LogP contribution is 1.91. The summed E-state index contributed by atoms with van der Waals surface area (Å²) in [6, 6.07) is 0. The molecule has 0 bridgehead atoms. The zero-order chi connectivity index (χ0) is 7.11. The Balaban J connectivity index is 2.88. The standard InChI is InChI=1S/C6H13O3/c1-6(8-2)9-5-3-4-7/h6H,3-5H2,1-2H3. The van der Waals surface area contributed by atoms with Gasteiger partial charge in [-0.25, -0.2) is 5.11 Å². The predicted octanol–water partition coefficient (Wildman–Crippen LogP) is 0.816. The summed E-state index contributed by atoms with van der Waals surface area (Å²) in [6.45, 7) is 2.22. The Morgan fingerprint density at radius 2 is 2.22 bits per heavy atom. The van der Waals surface area contributed by atoms with E-state index in [1.807, 2.05) is 0 Å². The van der Waals surface area contributed by atoms with Crippen LogP contribution in [0, 0.1) is 0 Å². The minimum Gasteiger partial charge on any atom is -0.356 e. The normalized spacial score (nSPS) is 13.7. The maximum Gasteiger partial charge on any atom is 0.154 e. The van der Waals surface area contributed by atoms with Crippen molar-refractivity contribution in [2.75, 3.05) is 20.3 Å². The minimum atomic E-state index is -0.184. The molecule has 0 aliphatic rings. The predicted molar refractivity (Wildman–Crippen MR) is 32.6 cm³/mol. The van der Waals surface area contributed by atoms with Gasteiger partial charge in [-0.2, -0.15) is 0 Å². The summed E-state index contributed by atoms with van der Waals surface area (Å²) in [5, 5.41) is 9.88. The number of hydrogen-bond donors (Lipinski definition) is 0. The highest BCUT2D eigenvalue weighted by atomic mass is 16.7. The van der Waals surface area contributed by atoms with Gasteiger partial charge in [0.2, 0.25) is 0 Å². The van der Waals surface area contributed by atoms with Gasteiger partial charge in [0.15, 0.2) is 6.29 Å². The van der Waals surface area contributed by atoms with Crippen LogP contribution in [0.4, 0.5) is 0 Å². The molecular weight excluding hydrogens is 120 g/mol. The van der Waals surface area contributed by atoms with Crippen LogP contribution in [0.1, 0.15) is 13.3 Å². The lowest BCUT2D eigenvalue weighted by molar-refractivity contribution is -0.113. The topological polar surface area (TPSA) is 38.4 Å². The maximum absolute atomic E-state index is 9.88. The van der Waals surface area contributed by atoms with Crippen LogP contribution in [-0.2, 0) is 14.6 Å². The van der Waals surface area contributed by atoms with E-state index in [4.69, 9.17) is 9.47 Å². The van der Waals surface area contributed by atoms with Crippen molar-refractivity contribution in [3.63, 3.8) is 0 Å². The fraction of sp³-hybridized carbons (Fsp3) is 1.00. The number of hydrogen-bond acceptors (Lipinski definition) is 2. The smallest absolute Gasteiger partial charge is 0.154 e. The molecule has 0 aromatic carbocycles.